The summed E-state index contributed by atoms with van der Waals surface area (Å²) in [4.78, 5) is 0. The largest absolute Gasteiger partial charge is 0.324 e. The van der Waals surface area contributed by atoms with Crippen molar-refractivity contribution in [3.8, 4) is 0 Å². The molecule has 1 aliphatic rings. The monoisotopic (exact) mass is 291 g/mol. The number of aromatic nitrogens is 2. The van der Waals surface area contributed by atoms with Gasteiger partial charge in [0.05, 0.1) is 5.69 Å². The minimum absolute atomic E-state index is 0.0749. The van der Waals surface area contributed by atoms with Crippen LogP contribution in [0.5, 0.6) is 0 Å². The average Bonchev–Trinajstić information content (AvgIpc) is 2.79. The third kappa shape index (κ3) is 3.50. The summed E-state index contributed by atoms with van der Waals surface area (Å²) in [5, 5.41) is 4.69. The van der Waals surface area contributed by atoms with Crippen molar-refractivity contribution in [3.05, 3.63) is 17.5 Å². The molecule has 21 heavy (non-hydrogen) atoms. The molecule has 0 aliphatic heterocycles. The van der Waals surface area contributed by atoms with Gasteiger partial charge >= 0.3 is 0 Å². The molecule has 1 heterocycles. The summed E-state index contributed by atoms with van der Waals surface area (Å²) in [6, 6.07) is 2.27. The lowest BCUT2D eigenvalue weighted by atomic mass is 9.61. The summed E-state index contributed by atoms with van der Waals surface area (Å²) >= 11 is 0. The van der Waals surface area contributed by atoms with Crippen molar-refractivity contribution in [3.63, 3.8) is 0 Å². The lowest BCUT2D eigenvalue weighted by Gasteiger charge is -2.48. The molecular formula is C18H33N3. The molecule has 0 spiro atoms. The third-order valence-corrected chi connectivity index (χ3v) is 5.21. The molecule has 0 bridgehead atoms. The van der Waals surface area contributed by atoms with Gasteiger partial charge in [-0.1, -0.05) is 40.5 Å². The second kappa shape index (κ2) is 6.12. The van der Waals surface area contributed by atoms with Gasteiger partial charge in [0.25, 0.3) is 0 Å². The highest BCUT2D eigenvalue weighted by atomic mass is 15.3. The maximum absolute atomic E-state index is 6.95. The lowest BCUT2D eigenvalue weighted by molar-refractivity contribution is 0.0778. The third-order valence-electron chi connectivity index (χ3n) is 5.21. The van der Waals surface area contributed by atoms with Gasteiger partial charge in [-0.2, -0.15) is 5.10 Å². The Morgan fingerprint density at radius 1 is 1.33 bits per heavy atom. The Labute approximate surface area is 130 Å². The predicted molar refractivity (Wildman–Crippen MR) is 89.3 cm³/mol. The van der Waals surface area contributed by atoms with E-state index in [9.17, 15) is 0 Å². The van der Waals surface area contributed by atoms with E-state index in [-0.39, 0.29) is 11.0 Å². The van der Waals surface area contributed by atoms with E-state index in [4.69, 9.17) is 10.8 Å². The van der Waals surface area contributed by atoms with Gasteiger partial charge in [0.1, 0.15) is 0 Å². The Morgan fingerprint density at radius 3 is 2.62 bits per heavy atom. The van der Waals surface area contributed by atoms with Gasteiger partial charge in [-0.05, 0) is 43.6 Å². The number of aryl methyl sites for hydroxylation is 2. The van der Waals surface area contributed by atoms with Crippen molar-refractivity contribution < 1.29 is 0 Å². The smallest absolute Gasteiger partial charge is 0.0624 e. The first kappa shape index (κ1) is 16.5. The van der Waals surface area contributed by atoms with Crippen LogP contribution in [0.4, 0.5) is 0 Å². The lowest BCUT2D eigenvalue weighted by Crippen LogP contribution is -2.55. The molecule has 3 nitrogen and oxygen atoms in total. The summed E-state index contributed by atoms with van der Waals surface area (Å²) in [5.74, 6) is 0.587. The van der Waals surface area contributed by atoms with Gasteiger partial charge in [-0.3, -0.25) is 4.68 Å². The number of rotatable bonds is 4. The number of nitrogens with zero attached hydrogens (tertiary/aromatic N) is 2. The standard InChI is InChI=1S/C18H33N3/c1-6-14-12-15(21(7-2)20-14)13-18(19)11-9-8-10-16(18)17(3,4)5/h12,16H,6-11,13,19H2,1-5H3. The van der Waals surface area contributed by atoms with E-state index in [2.05, 4.69) is 45.4 Å². The minimum atomic E-state index is -0.0749. The second-order valence-corrected chi connectivity index (χ2v) is 7.87. The molecule has 3 heteroatoms. The SMILES string of the molecule is CCc1cc(CC2(N)CCCCC2C(C)(C)C)n(CC)n1. The Kier molecular flexibility index (Phi) is 4.82. The van der Waals surface area contributed by atoms with Gasteiger partial charge in [0.15, 0.2) is 0 Å². The molecule has 2 rings (SSSR count). The van der Waals surface area contributed by atoms with Crippen molar-refractivity contribution >= 4 is 0 Å². The molecule has 1 saturated carbocycles. The quantitative estimate of drug-likeness (QED) is 0.913. The number of hydrogen-bond donors (Lipinski definition) is 1. The summed E-state index contributed by atoms with van der Waals surface area (Å²) in [7, 11) is 0. The highest BCUT2D eigenvalue weighted by Crippen LogP contribution is 2.44. The van der Waals surface area contributed by atoms with E-state index in [0.29, 0.717) is 5.92 Å². The predicted octanol–water partition coefficient (Wildman–Crippen LogP) is 3.94. The van der Waals surface area contributed by atoms with Crippen molar-refractivity contribution in [2.75, 3.05) is 0 Å². The molecule has 1 aromatic heterocycles. The van der Waals surface area contributed by atoms with Gasteiger partial charge < -0.3 is 5.73 Å². The van der Waals surface area contributed by atoms with Crippen LogP contribution in [-0.4, -0.2) is 15.3 Å². The molecule has 0 amide bonds. The Morgan fingerprint density at radius 2 is 2.05 bits per heavy atom. The van der Waals surface area contributed by atoms with Crippen LogP contribution in [0.15, 0.2) is 6.07 Å². The fourth-order valence-electron chi connectivity index (χ4n) is 4.21. The highest BCUT2D eigenvalue weighted by Gasteiger charge is 2.43. The van der Waals surface area contributed by atoms with Crippen LogP contribution in [0.2, 0.25) is 0 Å². The van der Waals surface area contributed by atoms with Gasteiger partial charge in [-0.15, -0.1) is 0 Å². The second-order valence-electron chi connectivity index (χ2n) is 7.87. The fraction of sp³-hybridized carbons (Fsp3) is 0.833. The zero-order valence-corrected chi connectivity index (χ0v) is 14.6. The molecular weight excluding hydrogens is 258 g/mol. The zero-order chi connectivity index (χ0) is 15.7. The van der Waals surface area contributed by atoms with E-state index >= 15 is 0 Å². The van der Waals surface area contributed by atoms with Crippen molar-refractivity contribution in [2.45, 2.75) is 85.2 Å². The van der Waals surface area contributed by atoms with E-state index < -0.39 is 0 Å². The van der Waals surface area contributed by atoms with Crippen LogP contribution in [0.1, 0.15) is 71.7 Å². The van der Waals surface area contributed by atoms with Crippen molar-refractivity contribution in [1.82, 2.24) is 9.78 Å². The normalized spacial score (nSPS) is 27.0. The summed E-state index contributed by atoms with van der Waals surface area (Å²) < 4.78 is 2.15. The minimum Gasteiger partial charge on any atom is -0.324 e. The maximum atomic E-state index is 6.95. The maximum Gasteiger partial charge on any atom is 0.0624 e. The summed E-state index contributed by atoms with van der Waals surface area (Å²) in [6.45, 7) is 12.3. The number of nitrogens with two attached hydrogens (primary N) is 1. The zero-order valence-electron chi connectivity index (χ0n) is 14.6. The Balaban J connectivity index is 2.28. The van der Waals surface area contributed by atoms with Crippen LogP contribution >= 0.6 is 0 Å². The first-order chi connectivity index (χ1) is 9.80. The van der Waals surface area contributed by atoms with E-state index in [0.717, 1.165) is 25.8 Å². The fourth-order valence-corrected chi connectivity index (χ4v) is 4.21. The van der Waals surface area contributed by atoms with Crippen LogP contribution in [0.3, 0.4) is 0 Å². The first-order valence-electron chi connectivity index (χ1n) is 8.64. The van der Waals surface area contributed by atoms with Crippen LogP contribution in [0, 0.1) is 11.3 Å². The average molecular weight is 291 g/mol. The van der Waals surface area contributed by atoms with Crippen LogP contribution in [-0.2, 0) is 19.4 Å². The Bertz CT molecular complexity index is 469. The summed E-state index contributed by atoms with van der Waals surface area (Å²) in [5.41, 5.74) is 9.68. The van der Waals surface area contributed by atoms with Gasteiger partial charge in [-0.25, -0.2) is 0 Å². The molecule has 0 aromatic carbocycles. The topological polar surface area (TPSA) is 43.8 Å². The molecule has 2 unspecified atom stereocenters. The molecule has 0 saturated heterocycles. The van der Waals surface area contributed by atoms with Crippen LogP contribution < -0.4 is 5.73 Å². The molecule has 1 fully saturated rings. The number of hydrogen-bond acceptors (Lipinski definition) is 2. The molecule has 2 atom stereocenters. The molecule has 1 aliphatic carbocycles. The molecule has 2 N–H and O–H groups in total. The van der Waals surface area contributed by atoms with Gasteiger partial charge in [0, 0.05) is 24.2 Å². The highest BCUT2D eigenvalue weighted by molar-refractivity contribution is 5.16. The van der Waals surface area contributed by atoms with Crippen LogP contribution in [0.25, 0.3) is 0 Å². The van der Waals surface area contributed by atoms with Gasteiger partial charge in [0.2, 0.25) is 0 Å². The summed E-state index contributed by atoms with van der Waals surface area (Å²) in [6.07, 6.45) is 6.97. The molecule has 0 radical (unpaired) electrons. The van der Waals surface area contributed by atoms with E-state index in [1.165, 1.54) is 30.7 Å². The Hall–Kier alpha value is -0.830. The van der Waals surface area contributed by atoms with Crippen molar-refractivity contribution in [1.29, 1.82) is 0 Å². The van der Waals surface area contributed by atoms with E-state index in [1.54, 1.807) is 0 Å². The first-order valence-corrected chi connectivity index (χ1v) is 8.64. The molecule has 1 aromatic rings. The van der Waals surface area contributed by atoms with E-state index in [1.807, 2.05) is 0 Å². The van der Waals surface area contributed by atoms with Crippen molar-refractivity contribution in [2.24, 2.45) is 17.1 Å². The molecule has 120 valence electrons.